The predicted molar refractivity (Wildman–Crippen MR) is 50.2 cm³/mol. The zero-order chi connectivity index (χ0) is 11.6. The summed E-state index contributed by atoms with van der Waals surface area (Å²) in [4.78, 5) is 23.3. The molecule has 1 aliphatic heterocycles. The molecule has 0 saturated carbocycles. The van der Waals surface area contributed by atoms with Gasteiger partial charge in [-0.3, -0.25) is 14.5 Å². The summed E-state index contributed by atoms with van der Waals surface area (Å²) in [7, 11) is -2.40. The number of imide groups is 1. The molecule has 0 spiro atoms. The second-order valence-electron chi connectivity index (χ2n) is 3.21. The summed E-state index contributed by atoms with van der Waals surface area (Å²) in [6.07, 6.45) is -0.167. The van der Waals surface area contributed by atoms with Gasteiger partial charge in [-0.15, -0.1) is 0 Å². The number of nitrogens with one attached hydrogen (secondary N) is 1. The van der Waals surface area contributed by atoms with E-state index in [1.165, 1.54) is 7.05 Å². The first-order valence-corrected chi connectivity index (χ1v) is 5.94. The van der Waals surface area contributed by atoms with Gasteiger partial charge in [-0.25, -0.2) is 13.1 Å². The Kier molecular flexibility index (Phi) is 3.42. The zero-order valence-electron chi connectivity index (χ0n) is 8.13. The second-order valence-corrected chi connectivity index (χ2v) is 5.08. The van der Waals surface area contributed by atoms with Gasteiger partial charge in [0.2, 0.25) is 21.8 Å². The number of sulfonamides is 1. The van der Waals surface area contributed by atoms with Crippen molar-refractivity contribution < 1.29 is 23.1 Å². The van der Waals surface area contributed by atoms with Crippen molar-refractivity contribution in [2.24, 2.45) is 0 Å². The van der Waals surface area contributed by atoms with Gasteiger partial charge in [0, 0.05) is 7.05 Å². The largest absolute Gasteiger partial charge is 0.395 e. The summed E-state index contributed by atoms with van der Waals surface area (Å²) in [5, 5.41) is 8.46. The maximum atomic E-state index is 11.3. The SMILES string of the molecule is CN1C(=O)CC(NS(=O)(=O)CCO)C1=O. The Morgan fingerprint density at radius 2 is 2.13 bits per heavy atom. The number of hydrogen-bond acceptors (Lipinski definition) is 5. The lowest BCUT2D eigenvalue weighted by Crippen LogP contribution is -2.42. The van der Waals surface area contributed by atoms with Crippen molar-refractivity contribution in [2.75, 3.05) is 19.4 Å². The van der Waals surface area contributed by atoms with Gasteiger partial charge >= 0.3 is 0 Å². The number of carbonyl (C=O) groups excluding carboxylic acids is 2. The van der Waals surface area contributed by atoms with E-state index in [4.69, 9.17) is 5.11 Å². The van der Waals surface area contributed by atoms with Crippen LogP contribution in [0, 0.1) is 0 Å². The number of nitrogens with zero attached hydrogens (tertiary/aromatic N) is 1. The van der Waals surface area contributed by atoms with Crippen molar-refractivity contribution in [1.29, 1.82) is 0 Å². The monoisotopic (exact) mass is 236 g/mol. The highest BCUT2D eigenvalue weighted by molar-refractivity contribution is 7.89. The van der Waals surface area contributed by atoms with Gasteiger partial charge in [0.15, 0.2) is 0 Å². The molecule has 0 aromatic heterocycles. The Morgan fingerprint density at radius 1 is 1.53 bits per heavy atom. The molecule has 1 heterocycles. The minimum Gasteiger partial charge on any atom is -0.395 e. The molecule has 1 aliphatic rings. The summed E-state index contributed by atoms with van der Waals surface area (Å²) in [6, 6.07) is -1.03. The molecule has 0 radical (unpaired) electrons. The quantitative estimate of drug-likeness (QED) is 0.532. The number of likely N-dealkylation sites (tertiary alicyclic amines) is 1. The van der Waals surface area contributed by atoms with Crippen LogP contribution in [0.2, 0.25) is 0 Å². The molecule has 1 fully saturated rings. The van der Waals surface area contributed by atoms with E-state index in [1.807, 2.05) is 0 Å². The van der Waals surface area contributed by atoms with Crippen molar-refractivity contribution in [2.45, 2.75) is 12.5 Å². The molecule has 1 saturated heterocycles. The lowest BCUT2D eigenvalue weighted by atomic mass is 10.3. The number of rotatable bonds is 4. The lowest BCUT2D eigenvalue weighted by Gasteiger charge is -2.10. The van der Waals surface area contributed by atoms with Crippen LogP contribution in [0.5, 0.6) is 0 Å². The van der Waals surface area contributed by atoms with Crippen LogP contribution in [-0.4, -0.2) is 55.7 Å². The summed E-state index contributed by atoms with van der Waals surface area (Å²) >= 11 is 0. The van der Waals surface area contributed by atoms with E-state index in [1.54, 1.807) is 0 Å². The van der Waals surface area contributed by atoms with Gasteiger partial charge in [0.25, 0.3) is 0 Å². The van der Waals surface area contributed by atoms with E-state index in [0.29, 0.717) is 0 Å². The van der Waals surface area contributed by atoms with Crippen molar-refractivity contribution in [3.63, 3.8) is 0 Å². The highest BCUT2D eigenvalue weighted by Crippen LogP contribution is 2.11. The van der Waals surface area contributed by atoms with Crippen molar-refractivity contribution in [3.05, 3.63) is 0 Å². The minimum absolute atomic E-state index is 0.167. The molecule has 1 rings (SSSR count). The lowest BCUT2D eigenvalue weighted by molar-refractivity contribution is -0.137. The maximum absolute atomic E-state index is 11.3. The third kappa shape index (κ3) is 2.74. The molecular formula is C7H12N2O5S. The predicted octanol–water partition coefficient (Wildman–Crippen LogP) is -2.34. The molecule has 8 heteroatoms. The Labute approximate surface area is 87.1 Å². The second kappa shape index (κ2) is 4.25. The first-order valence-electron chi connectivity index (χ1n) is 4.28. The molecule has 0 bridgehead atoms. The molecular weight excluding hydrogens is 224 g/mol. The van der Waals surface area contributed by atoms with Crippen LogP contribution in [0.15, 0.2) is 0 Å². The number of aliphatic hydroxyl groups is 1. The summed E-state index contributed by atoms with van der Waals surface area (Å²) < 4.78 is 24.5. The van der Waals surface area contributed by atoms with E-state index in [-0.39, 0.29) is 6.42 Å². The van der Waals surface area contributed by atoms with Crippen LogP contribution in [0.4, 0.5) is 0 Å². The molecule has 2 amide bonds. The van der Waals surface area contributed by atoms with Gasteiger partial charge in [-0.2, -0.15) is 0 Å². The highest BCUT2D eigenvalue weighted by atomic mass is 32.2. The van der Waals surface area contributed by atoms with E-state index in [2.05, 4.69) is 4.72 Å². The maximum Gasteiger partial charge on any atom is 0.247 e. The minimum atomic E-state index is -3.69. The Bertz CT molecular complexity index is 377. The third-order valence-electron chi connectivity index (χ3n) is 2.06. The van der Waals surface area contributed by atoms with Crippen molar-refractivity contribution in [3.8, 4) is 0 Å². The van der Waals surface area contributed by atoms with Gasteiger partial charge in [-0.1, -0.05) is 0 Å². The molecule has 1 unspecified atom stereocenters. The molecule has 1 atom stereocenters. The van der Waals surface area contributed by atoms with Crippen molar-refractivity contribution in [1.82, 2.24) is 9.62 Å². The molecule has 7 nitrogen and oxygen atoms in total. The number of hydrogen-bond donors (Lipinski definition) is 2. The van der Waals surface area contributed by atoms with Crippen molar-refractivity contribution >= 4 is 21.8 Å². The average Bonchev–Trinajstić information content (AvgIpc) is 2.33. The summed E-state index contributed by atoms with van der Waals surface area (Å²) in [5.41, 5.74) is 0. The normalized spacial score (nSPS) is 22.5. The van der Waals surface area contributed by atoms with Crippen LogP contribution in [-0.2, 0) is 19.6 Å². The number of carbonyl (C=O) groups is 2. The van der Waals surface area contributed by atoms with E-state index >= 15 is 0 Å². The smallest absolute Gasteiger partial charge is 0.247 e. The van der Waals surface area contributed by atoms with Crippen LogP contribution in [0.25, 0.3) is 0 Å². The van der Waals surface area contributed by atoms with E-state index in [9.17, 15) is 18.0 Å². The van der Waals surface area contributed by atoms with Gasteiger partial charge < -0.3 is 5.11 Å². The first kappa shape index (κ1) is 12.1. The Hall–Kier alpha value is -0.990. The molecule has 86 valence electrons. The molecule has 0 aliphatic carbocycles. The van der Waals surface area contributed by atoms with Crippen LogP contribution in [0.3, 0.4) is 0 Å². The summed E-state index contributed by atoms with van der Waals surface area (Å²) in [5.74, 6) is -1.47. The standard InChI is InChI=1S/C7H12N2O5S/c1-9-6(11)4-5(7(9)12)8-15(13,14)3-2-10/h5,8,10H,2-4H2,1H3. The first-order chi connectivity index (χ1) is 6.87. The molecule has 0 aromatic rings. The topological polar surface area (TPSA) is 104 Å². The van der Waals surface area contributed by atoms with E-state index in [0.717, 1.165) is 4.90 Å². The number of amides is 2. The van der Waals surface area contributed by atoms with Gasteiger partial charge in [-0.05, 0) is 0 Å². The fraction of sp³-hybridized carbons (Fsp3) is 0.714. The molecule has 2 N–H and O–H groups in total. The van der Waals surface area contributed by atoms with Gasteiger partial charge in [0.1, 0.15) is 6.04 Å². The molecule has 0 aromatic carbocycles. The van der Waals surface area contributed by atoms with Crippen LogP contribution in [0.1, 0.15) is 6.42 Å². The average molecular weight is 236 g/mol. The highest BCUT2D eigenvalue weighted by Gasteiger charge is 2.38. The van der Waals surface area contributed by atoms with Crippen LogP contribution >= 0.6 is 0 Å². The number of likely N-dealkylation sites (N-methyl/N-ethyl adjacent to an activating group) is 1. The summed E-state index contributed by atoms with van der Waals surface area (Å²) in [6.45, 7) is -0.528. The molecule has 15 heavy (non-hydrogen) atoms. The Balaban J connectivity index is 2.69. The number of aliphatic hydroxyl groups excluding tert-OH is 1. The van der Waals surface area contributed by atoms with Gasteiger partial charge in [0.05, 0.1) is 18.8 Å². The fourth-order valence-electron chi connectivity index (χ4n) is 1.24. The van der Waals surface area contributed by atoms with E-state index < -0.39 is 40.2 Å². The van der Waals surface area contributed by atoms with Crippen LogP contribution < -0.4 is 4.72 Å². The third-order valence-corrected chi connectivity index (χ3v) is 3.43. The zero-order valence-corrected chi connectivity index (χ0v) is 8.95. The fourth-order valence-corrected chi connectivity index (χ4v) is 2.22. The Morgan fingerprint density at radius 3 is 2.53 bits per heavy atom.